The second-order valence-electron chi connectivity index (χ2n) is 3.11. The third kappa shape index (κ3) is 4.77. The van der Waals surface area contributed by atoms with E-state index in [9.17, 15) is 9.59 Å². The van der Waals surface area contributed by atoms with Gasteiger partial charge >= 0.3 is 5.97 Å². The molecule has 0 N–H and O–H groups in total. The Morgan fingerprint density at radius 1 is 1.43 bits per heavy atom. The molecular weight excluding hydrogens is 184 g/mol. The van der Waals surface area contributed by atoms with Gasteiger partial charge in [0, 0.05) is 6.42 Å². The number of hydrogen-bond acceptors (Lipinski definition) is 4. The highest BCUT2D eigenvalue weighted by atomic mass is 16.5. The highest BCUT2D eigenvalue weighted by molar-refractivity contribution is 5.75. The van der Waals surface area contributed by atoms with Crippen LogP contribution in [-0.4, -0.2) is 25.5 Å². The fraction of sp³-hybridized carbons (Fsp3) is 0.600. The van der Waals surface area contributed by atoms with Crippen LogP contribution in [0.3, 0.4) is 0 Å². The van der Waals surface area contributed by atoms with Crippen LogP contribution in [0.25, 0.3) is 0 Å². The van der Waals surface area contributed by atoms with E-state index in [1.807, 2.05) is 0 Å². The predicted molar refractivity (Wildman–Crippen MR) is 49.5 cm³/mol. The average Bonchev–Trinajstić information content (AvgIpc) is 2.99. The van der Waals surface area contributed by atoms with Crippen molar-refractivity contribution in [2.24, 2.45) is 5.92 Å². The molecular formula is C10H14O4. The molecule has 0 saturated heterocycles. The first kappa shape index (κ1) is 10.9. The molecule has 14 heavy (non-hydrogen) atoms. The van der Waals surface area contributed by atoms with Crippen LogP contribution in [0.4, 0.5) is 0 Å². The molecule has 1 rings (SSSR count). The second-order valence-corrected chi connectivity index (χ2v) is 3.11. The summed E-state index contributed by atoms with van der Waals surface area (Å²) in [6.07, 6.45) is 6.06. The minimum Gasteiger partial charge on any atom is -0.435 e. The van der Waals surface area contributed by atoms with Crippen molar-refractivity contribution >= 4 is 12.3 Å². The van der Waals surface area contributed by atoms with Gasteiger partial charge in [0.2, 0.25) is 0 Å². The molecule has 0 spiro atoms. The summed E-state index contributed by atoms with van der Waals surface area (Å²) in [5, 5.41) is 0. The van der Waals surface area contributed by atoms with Crippen LogP contribution in [0, 0.1) is 5.92 Å². The fourth-order valence-electron chi connectivity index (χ4n) is 0.853. The lowest BCUT2D eigenvalue weighted by Gasteiger charge is -1.96. The molecule has 0 aromatic rings. The molecule has 0 aromatic carbocycles. The van der Waals surface area contributed by atoms with Crippen molar-refractivity contribution in [3.8, 4) is 0 Å². The van der Waals surface area contributed by atoms with E-state index in [4.69, 9.17) is 9.47 Å². The Hall–Kier alpha value is -1.16. The first-order chi connectivity index (χ1) is 6.84. The first-order valence-electron chi connectivity index (χ1n) is 4.71. The molecule has 0 unspecified atom stereocenters. The largest absolute Gasteiger partial charge is 0.435 e. The zero-order chi connectivity index (χ0) is 10.2. The molecule has 0 atom stereocenters. The van der Waals surface area contributed by atoms with Gasteiger partial charge in [-0.05, 0) is 18.9 Å². The third-order valence-electron chi connectivity index (χ3n) is 1.79. The van der Waals surface area contributed by atoms with Crippen LogP contribution in [-0.2, 0) is 19.1 Å². The van der Waals surface area contributed by atoms with Gasteiger partial charge < -0.3 is 14.3 Å². The highest BCUT2D eigenvalue weighted by Gasteiger charge is 2.30. The molecule has 4 heteroatoms. The lowest BCUT2D eigenvalue weighted by Crippen LogP contribution is -2.01. The lowest BCUT2D eigenvalue weighted by atomic mass is 10.4. The molecule has 78 valence electrons. The molecule has 0 bridgehead atoms. The van der Waals surface area contributed by atoms with Gasteiger partial charge in [0.15, 0.2) is 0 Å². The van der Waals surface area contributed by atoms with Crippen molar-refractivity contribution in [3.63, 3.8) is 0 Å². The van der Waals surface area contributed by atoms with Gasteiger partial charge in [0.05, 0.1) is 25.4 Å². The molecule has 1 aliphatic rings. The predicted octanol–water partition coefficient (Wildman–Crippen LogP) is 1.06. The number of ether oxygens (including phenoxy) is 2. The molecule has 4 nitrogen and oxygen atoms in total. The molecule has 0 aliphatic heterocycles. The maximum atomic E-state index is 11.0. The Kier molecular flexibility index (Phi) is 4.93. The molecule has 1 saturated carbocycles. The van der Waals surface area contributed by atoms with Crippen molar-refractivity contribution in [3.05, 3.63) is 12.3 Å². The Bertz CT molecular complexity index is 218. The van der Waals surface area contributed by atoms with E-state index in [2.05, 4.69) is 0 Å². The van der Waals surface area contributed by atoms with E-state index in [-0.39, 0.29) is 11.9 Å². The van der Waals surface area contributed by atoms with Crippen molar-refractivity contribution in [2.45, 2.75) is 19.3 Å². The Balaban J connectivity index is 1.92. The fourth-order valence-corrected chi connectivity index (χ4v) is 0.853. The van der Waals surface area contributed by atoms with Crippen molar-refractivity contribution in [1.29, 1.82) is 0 Å². The van der Waals surface area contributed by atoms with E-state index in [0.717, 1.165) is 19.1 Å². The SMILES string of the molecule is O=CCCOCC=COC(=O)C1CC1. The van der Waals surface area contributed by atoms with Crippen LogP contribution in [0.15, 0.2) is 12.3 Å². The van der Waals surface area contributed by atoms with Crippen molar-refractivity contribution < 1.29 is 19.1 Å². The van der Waals surface area contributed by atoms with Gasteiger partial charge in [-0.15, -0.1) is 0 Å². The van der Waals surface area contributed by atoms with E-state index >= 15 is 0 Å². The van der Waals surface area contributed by atoms with Crippen molar-refractivity contribution in [2.75, 3.05) is 13.2 Å². The van der Waals surface area contributed by atoms with Crippen LogP contribution in [0.2, 0.25) is 0 Å². The van der Waals surface area contributed by atoms with Crippen LogP contribution in [0.1, 0.15) is 19.3 Å². The normalized spacial score (nSPS) is 15.7. The minimum absolute atomic E-state index is 0.121. The smallest absolute Gasteiger partial charge is 0.313 e. The number of carbonyl (C=O) groups excluding carboxylic acids is 2. The zero-order valence-electron chi connectivity index (χ0n) is 7.98. The van der Waals surface area contributed by atoms with E-state index in [1.54, 1.807) is 6.08 Å². The zero-order valence-corrected chi connectivity index (χ0v) is 7.98. The summed E-state index contributed by atoms with van der Waals surface area (Å²) < 4.78 is 9.83. The molecule has 0 heterocycles. The summed E-state index contributed by atoms with van der Waals surface area (Å²) in [4.78, 5) is 20.9. The maximum Gasteiger partial charge on any atom is 0.313 e. The second kappa shape index (κ2) is 6.32. The summed E-state index contributed by atoms with van der Waals surface area (Å²) in [6, 6.07) is 0. The van der Waals surface area contributed by atoms with Gasteiger partial charge in [-0.1, -0.05) is 0 Å². The molecule has 0 radical (unpaired) electrons. The maximum absolute atomic E-state index is 11.0. The highest BCUT2D eigenvalue weighted by Crippen LogP contribution is 2.29. The van der Waals surface area contributed by atoms with E-state index < -0.39 is 0 Å². The first-order valence-corrected chi connectivity index (χ1v) is 4.71. The molecule has 1 fully saturated rings. The topological polar surface area (TPSA) is 52.6 Å². The number of hydrogen-bond donors (Lipinski definition) is 0. The summed E-state index contributed by atoms with van der Waals surface area (Å²) in [5.74, 6) is -0.0372. The van der Waals surface area contributed by atoms with Crippen LogP contribution < -0.4 is 0 Å². The third-order valence-corrected chi connectivity index (χ3v) is 1.79. The molecule has 0 amide bonds. The van der Waals surface area contributed by atoms with Crippen molar-refractivity contribution in [1.82, 2.24) is 0 Å². The van der Waals surface area contributed by atoms with Crippen LogP contribution in [0.5, 0.6) is 0 Å². The van der Waals surface area contributed by atoms with Gasteiger partial charge in [0.25, 0.3) is 0 Å². The van der Waals surface area contributed by atoms with Gasteiger partial charge in [-0.25, -0.2) is 0 Å². The summed E-state index contributed by atoms with van der Waals surface area (Å²) in [5.41, 5.74) is 0. The quantitative estimate of drug-likeness (QED) is 0.265. The number of aldehydes is 1. The minimum atomic E-state index is -0.158. The van der Waals surface area contributed by atoms with Gasteiger partial charge in [-0.3, -0.25) is 4.79 Å². The van der Waals surface area contributed by atoms with Gasteiger partial charge in [-0.2, -0.15) is 0 Å². The number of esters is 1. The number of carbonyl (C=O) groups is 2. The summed E-state index contributed by atoms with van der Waals surface area (Å²) in [6.45, 7) is 0.774. The molecule has 0 aromatic heterocycles. The van der Waals surface area contributed by atoms with E-state index in [0.29, 0.717) is 19.6 Å². The van der Waals surface area contributed by atoms with Crippen LogP contribution >= 0.6 is 0 Å². The summed E-state index contributed by atoms with van der Waals surface area (Å²) >= 11 is 0. The average molecular weight is 198 g/mol. The molecule has 1 aliphatic carbocycles. The van der Waals surface area contributed by atoms with E-state index in [1.165, 1.54) is 6.26 Å². The lowest BCUT2D eigenvalue weighted by molar-refractivity contribution is -0.139. The Labute approximate surface area is 82.9 Å². The standard InChI is InChI=1S/C10H14O4/c11-5-1-6-13-7-2-8-14-10(12)9-3-4-9/h2,5,8-9H,1,3-4,6-7H2. The summed E-state index contributed by atoms with van der Waals surface area (Å²) in [7, 11) is 0. The van der Waals surface area contributed by atoms with Gasteiger partial charge in [0.1, 0.15) is 6.29 Å². The Morgan fingerprint density at radius 2 is 2.21 bits per heavy atom. The monoisotopic (exact) mass is 198 g/mol. The Morgan fingerprint density at radius 3 is 2.86 bits per heavy atom. The number of rotatable bonds is 7.